The number of carbonyl (C=O) groups excluding carboxylic acids is 2. The summed E-state index contributed by atoms with van der Waals surface area (Å²) in [6.07, 6.45) is 0. The zero-order valence-electron chi connectivity index (χ0n) is 16.8. The van der Waals surface area contributed by atoms with Crippen molar-refractivity contribution < 1.29 is 22.4 Å². The number of carbonyl (C=O) groups is 2. The minimum absolute atomic E-state index is 0.0257. The number of hydrogen-bond donors (Lipinski definition) is 1. The first kappa shape index (κ1) is 23.8. The highest BCUT2D eigenvalue weighted by molar-refractivity contribution is 7.89. The molecule has 0 spiro atoms. The molecule has 2 aromatic carbocycles. The normalized spacial score (nSPS) is 12.5. The second-order valence-corrected chi connectivity index (χ2v) is 9.10. The van der Waals surface area contributed by atoms with E-state index in [1.807, 2.05) is 0 Å². The van der Waals surface area contributed by atoms with Gasteiger partial charge in [0, 0.05) is 31.2 Å². The largest absolute Gasteiger partial charge is 0.357 e. The molecule has 2 rings (SSSR count). The van der Waals surface area contributed by atoms with Gasteiger partial charge in [-0.15, -0.1) is 0 Å². The Bertz CT molecular complexity index is 1010. The van der Waals surface area contributed by atoms with Crippen LogP contribution in [-0.4, -0.2) is 56.1 Å². The van der Waals surface area contributed by atoms with Gasteiger partial charge in [-0.25, -0.2) is 12.8 Å². The standard InChI is InChI=1S/C20H23ClFN3O4S/c1-14(20(27)23-2)25(12-15-6-4-5-7-18(15)22)19(26)13-24(3)30(28,29)17-10-8-16(21)9-11-17/h4-11,14H,12-13H2,1-3H3,(H,23,27). The van der Waals surface area contributed by atoms with E-state index in [4.69, 9.17) is 11.6 Å². The van der Waals surface area contributed by atoms with Crippen LogP contribution < -0.4 is 5.32 Å². The van der Waals surface area contributed by atoms with Crippen LogP contribution >= 0.6 is 11.6 Å². The van der Waals surface area contributed by atoms with E-state index in [1.54, 1.807) is 6.07 Å². The first-order chi connectivity index (χ1) is 14.1. The first-order valence-corrected chi connectivity index (χ1v) is 10.9. The highest BCUT2D eigenvalue weighted by Gasteiger charge is 2.30. The van der Waals surface area contributed by atoms with Crippen molar-refractivity contribution in [2.24, 2.45) is 0 Å². The van der Waals surface area contributed by atoms with Gasteiger partial charge in [0.1, 0.15) is 11.9 Å². The fraction of sp³-hybridized carbons (Fsp3) is 0.300. The molecule has 1 unspecified atom stereocenters. The lowest BCUT2D eigenvalue weighted by molar-refractivity contribution is -0.140. The van der Waals surface area contributed by atoms with Crippen molar-refractivity contribution in [3.63, 3.8) is 0 Å². The molecular formula is C20H23ClFN3O4S. The highest BCUT2D eigenvalue weighted by Crippen LogP contribution is 2.19. The Morgan fingerprint density at radius 3 is 2.30 bits per heavy atom. The van der Waals surface area contributed by atoms with Gasteiger partial charge >= 0.3 is 0 Å². The molecule has 2 amide bonds. The molecule has 1 N–H and O–H groups in total. The monoisotopic (exact) mass is 455 g/mol. The first-order valence-electron chi connectivity index (χ1n) is 9.04. The quantitative estimate of drug-likeness (QED) is 0.661. The number of amides is 2. The summed E-state index contributed by atoms with van der Waals surface area (Å²) in [4.78, 5) is 26.2. The number of sulfonamides is 1. The Labute approximate surface area is 180 Å². The Morgan fingerprint density at radius 1 is 1.13 bits per heavy atom. The summed E-state index contributed by atoms with van der Waals surface area (Å²) in [5.41, 5.74) is 0.213. The molecule has 7 nitrogen and oxygen atoms in total. The van der Waals surface area contributed by atoms with Gasteiger partial charge in [0.2, 0.25) is 21.8 Å². The molecule has 162 valence electrons. The van der Waals surface area contributed by atoms with Crippen LogP contribution in [0.1, 0.15) is 12.5 Å². The molecule has 0 aliphatic carbocycles. The smallest absolute Gasteiger partial charge is 0.243 e. The molecular weight excluding hydrogens is 433 g/mol. The van der Waals surface area contributed by atoms with Crippen molar-refractivity contribution in [3.8, 4) is 0 Å². The van der Waals surface area contributed by atoms with Crippen LogP contribution in [0.3, 0.4) is 0 Å². The van der Waals surface area contributed by atoms with Gasteiger partial charge in [-0.1, -0.05) is 29.8 Å². The van der Waals surface area contributed by atoms with Crippen molar-refractivity contribution in [3.05, 3.63) is 64.9 Å². The van der Waals surface area contributed by atoms with Crippen LogP contribution in [0.25, 0.3) is 0 Å². The summed E-state index contributed by atoms with van der Waals surface area (Å²) in [7, 11) is -1.29. The van der Waals surface area contributed by atoms with E-state index in [-0.39, 0.29) is 17.0 Å². The topological polar surface area (TPSA) is 86.8 Å². The van der Waals surface area contributed by atoms with Crippen LogP contribution in [0.4, 0.5) is 4.39 Å². The summed E-state index contributed by atoms with van der Waals surface area (Å²) in [6.45, 7) is 0.779. The predicted molar refractivity (Wildman–Crippen MR) is 112 cm³/mol. The van der Waals surface area contributed by atoms with E-state index in [2.05, 4.69) is 5.32 Å². The number of likely N-dealkylation sites (N-methyl/N-ethyl adjacent to an activating group) is 2. The van der Waals surface area contributed by atoms with Crippen molar-refractivity contribution in [2.75, 3.05) is 20.6 Å². The van der Waals surface area contributed by atoms with E-state index < -0.39 is 40.2 Å². The van der Waals surface area contributed by atoms with Gasteiger partial charge in [0.25, 0.3) is 0 Å². The van der Waals surface area contributed by atoms with E-state index in [9.17, 15) is 22.4 Å². The number of halogens is 2. The third-order valence-electron chi connectivity index (χ3n) is 4.59. The minimum Gasteiger partial charge on any atom is -0.357 e. The zero-order chi connectivity index (χ0) is 22.5. The molecule has 0 heterocycles. The number of nitrogens with one attached hydrogen (secondary N) is 1. The van der Waals surface area contributed by atoms with Crippen LogP contribution in [0, 0.1) is 5.82 Å². The zero-order valence-corrected chi connectivity index (χ0v) is 18.4. The average molecular weight is 456 g/mol. The molecule has 0 aliphatic heterocycles. The van der Waals surface area contributed by atoms with E-state index in [0.717, 1.165) is 9.21 Å². The van der Waals surface area contributed by atoms with E-state index >= 15 is 0 Å². The third kappa shape index (κ3) is 5.56. The van der Waals surface area contributed by atoms with Gasteiger partial charge in [-0.3, -0.25) is 9.59 Å². The van der Waals surface area contributed by atoms with Gasteiger partial charge in [-0.05, 0) is 37.3 Å². The SMILES string of the molecule is CNC(=O)C(C)N(Cc1ccccc1F)C(=O)CN(C)S(=O)(=O)c1ccc(Cl)cc1. The van der Waals surface area contributed by atoms with Gasteiger partial charge in [-0.2, -0.15) is 4.31 Å². The average Bonchev–Trinajstić information content (AvgIpc) is 2.72. The fourth-order valence-corrected chi connectivity index (χ4v) is 4.00. The van der Waals surface area contributed by atoms with Gasteiger partial charge in [0.05, 0.1) is 11.4 Å². The lowest BCUT2D eigenvalue weighted by Crippen LogP contribution is -2.50. The molecule has 0 bridgehead atoms. The van der Waals surface area contributed by atoms with Crippen molar-refractivity contribution in [1.29, 1.82) is 0 Å². The maximum absolute atomic E-state index is 14.1. The van der Waals surface area contributed by atoms with Gasteiger partial charge in [0.15, 0.2) is 0 Å². The molecule has 0 radical (unpaired) electrons. The second kappa shape index (κ2) is 10.0. The molecule has 30 heavy (non-hydrogen) atoms. The number of hydrogen-bond acceptors (Lipinski definition) is 4. The molecule has 10 heteroatoms. The Hall–Kier alpha value is -2.49. The van der Waals surface area contributed by atoms with Crippen LogP contribution in [0.2, 0.25) is 5.02 Å². The van der Waals surface area contributed by atoms with Crippen LogP contribution in [0.5, 0.6) is 0 Å². The fourth-order valence-electron chi connectivity index (χ4n) is 2.75. The lowest BCUT2D eigenvalue weighted by Gasteiger charge is -2.30. The number of nitrogens with zero attached hydrogens (tertiary/aromatic N) is 2. The summed E-state index contributed by atoms with van der Waals surface area (Å²) < 4.78 is 40.5. The van der Waals surface area contributed by atoms with Crippen molar-refractivity contribution in [1.82, 2.24) is 14.5 Å². The Kier molecular flexibility index (Phi) is 7.94. The third-order valence-corrected chi connectivity index (χ3v) is 6.66. The highest BCUT2D eigenvalue weighted by atomic mass is 35.5. The molecule has 0 aliphatic rings. The molecule has 0 saturated heterocycles. The summed E-state index contributed by atoms with van der Waals surface area (Å²) in [5, 5.41) is 2.82. The summed E-state index contributed by atoms with van der Waals surface area (Å²) in [5.74, 6) is -1.63. The maximum Gasteiger partial charge on any atom is 0.243 e. The summed E-state index contributed by atoms with van der Waals surface area (Å²) >= 11 is 5.80. The number of benzene rings is 2. The van der Waals surface area contributed by atoms with Crippen LogP contribution in [-0.2, 0) is 26.2 Å². The van der Waals surface area contributed by atoms with E-state index in [0.29, 0.717) is 5.02 Å². The second-order valence-electron chi connectivity index (χ2n) is 6.62. The molecule has 0 fully saturated rings. The number of rotatable bonds is 8. The molecule has 0 saturated carbocycles. The molecule has 2 aromatic rings. The lowest BCUT2D eigenvalue weighted by atomic mass is 10.1. The van der Waals surface area contributed by atoms with Crippen LogP contribution in [0.15, 0.2) is 53.4 Å². The maximum atomic E-state index is 14.1. The summed E-state index contributed by atoms with van der Waals surface area (Å²) in [6, 6.07) is 10.5. The predicted octanol–water partition coefficient (Wildman–Crippen LogP) is 2.26. The van der Waals surface area contributed by atoms with E-state index in [1.165, 1.54) is 63.5 Å². The minimum atomic E-state index is -3.96. The van der Waals surface area contributed by atoms with Gasteiger partial charge < -0.3 is 10.2 Å². The molecule has 1 atom stereocenters. The van der Waals surface area contributed by atoms with Crippen molar-refractivity contribution in [2.45, 2.75) is 24.4 Å². The Balaban J connectivity index is 2.27. The van der Waals surface area contributed by atoms with Crippen molar-refractivity contribution >= 4 is 33.4 Å². The Morgan fingerprint density at radius 2 is 1.73 bits per heavy atom. The molecule has 0 aromatic heterocycles.